The minimum absolute atomic E-state index is 0.0383. The topological polar surface area (TPSA) is 55.9 Å². The highest BCUT2D eigenvalue weighted by Crippen LogP contribution is 2.13. The molecule has 0 aliphatic carbocycles. The van der Waals surface area contributed by atoms with Crippen molar-refractivity contribution in [3.8, 4) is 0 Å². The average molecular weight is 321 g/mol. The fraction of sp³-hybridized carbons (Fsp3) is 1.00. The molecule has 1 N–H and O–H groups in total. The number of hydrogen-bond donors (Lipinski definition) is 1. The summed E-state index contributed by atoms with van der Waals surface area (Å²) in [6, 6.07) is 0.206. The first kappa shape index (κ1) is 18.8. The lowest BCUT2D eigenvalue weighted by molar-refractivity contribution is 0.0902. The maximum atomic E-state index is 12.2. The van der Waals surface area contributed by atoms with Gasteiger partial charge in [-0.05, 0) is 26.8 Å². The van der Waals surface area contributed by atoms with Crippen molar-refractivity contribution < 1.29 is 8.42 Å². The van der Waals surface area contributed by atoms with Crippen LogP contribution in [-0.2, 0) is 10.2 Å². The molecular formula is C14H32N4O2S. The smallest absolute Gasteiger partial charge is 0.279 e. The second-order valence-electron chi connectivity index (χ2n) is 6.61. The van der Waals surface area contributed by atoms with Gasteiger partial charge < -0.3 is 4.90 Å². The highest BCUT2D eigenvalue weighted by atomic mass is 32.2. The van der Waals surface area contributed by atoms with Crippen LogP contribution < -0.4 is 4.72 Å². The summed E-state index contributed by atoms with van der Waals surface area (Å²) >= 11 is 0. The first-order valence-corrected chi connectivity index (χ1v) is 9.24. The molecule has 21 heavy (non-hydrogen) atoms. The van der Waals surface area contributed by atoms with Crippen LogP contribution in [0.1, 0.15) is 27.7 Å². The van der Waals surface area contributed by atoms with Gasteiger partial charge in [-0.25, -0.2) is 4.72 Å². The summed E-state index contributed by atoms with van der Waals surface area (Å²) in [7, 11) is 0.354. The van der Waals surface area contributed by atoms with Gasteiger partial charge in [0.25, 0.3) is 10.2 Å². The molecule has 1 saturated heterocycles. The van der Waals surface area contributed by atoms with Crippen LogP contribution in [0.5, 0.6) is 0 Å². The molecule has 7 heteroatoms. The first-order valence-electron chi connectivity index (χ1n) is 7.80. The van der Waals surface area contributed by atoms with Gasteiger partial charge in [-0.1, -0.05) is 13.8 Å². The summed E-state index contributed by atoms with van der Waals surface area (Å²) < 4.78 is 28.6. The Morgan fingerprint density at radius 2 is 1.62 bits per heavy atom. The number of likely N-dealkylation sites (N-methyl/N-ethyl adjacent to an activating group) is 1. The van der Waals surface area contributed by atoms with Gasteiger partial charge in [0.1, 0.15) is 0 Å². The molecule has 0 radical (unpaired) electrons. The molecule has 126 valence electrons. The van der Waals surface area contributed by atoms with Crippen LogP contribution in [0.4, 0.5) is 0 Å². The maximum Gasteiger partial charge on any atom is 0.279 e. The summed E-state index contributed by atoms with van der Waals surface area (Å²) in [5.41, 5.74) is 0. The predicted molar refractivity (Wildman–Crippen MR) is 87.5 cm³/mol. The molecule has 1 heterocycles. The molecule has 0 unspecified atom stereocenters. The molecule has 0 saturated carbocycles. The minimum Gasteiger partial charge on any atom is -0.304 e. The van der Waals surface area contributed by atoms with Crippen LogP contribution in [0.3, 0.4) is 0 Å². The predicted octanol–water partition coefficient (Wildman–Crippen LogP) is 0.433. The van der Waals surface area contributed by atoms with E-state index in [2.05, 4.69) is 35.4 Å². The Bertz CT molecular complexity index is 403. The van der Waals surface area contributed by atoms with Gasteiger partial charge in [0, 0.05) is 51.9 Å². The lowest BCUT2D eigenvalue weighted by Crippen LogP contribution is -2.55. The largest absolute Gasteiger partial charge is 0.304 e. The zero-order valence-electron chi connectivity index (χ0n) is 14.3. The van der Waals surface area contributed by atoms with Crippen molar-refractivity contribution in [2.75, 3.05) is 46.8 Å². The van der Waals surface area contributed by atoms with E-state index in [1.54, 1.807) is 7.05 Å². The molecule has 0 bridgehead atoms. The van der Waals surface area contributed by atoms with E-state index in [0.717, 1.165) is 26.2 Å². The van der Waals surface area contributed by atoms with Gasteiger partial charge in [-0.3, -0.25) is 4.90 Å². The van der Waals surface area contributed by atoms with Crippen LogP contribution in [0.25, 0.3) is 0 Å². The lowest BCUT2D eigenvalue weighted by Gasteiger charge is -2.40. The zero-order valence-corrected chi connectivity index (χ0v) is 15.2. The lowest BCUT2D eigenvalue weighted by atomic mass is 10.0. The molecule has 1 aliphatic heterocycles. The molecule has 1 atom stereocenters. The molecule has 0 spiro atoms. The van der Waals surface area contributed by atoms with E-state index >= 15 is 0 Å². The Morgan fingerprint density at radius 3 is 2.05 bits per heavy atom. The van der Waals surface area contributed by atoms with Crippen molar-refractivity contribution >= 4 is 10.2 Å². The van der Waals surface area contributed by atoms with E-state index in [1.165, 1.54) is 4.31 Å². The number of hydrogen-bond acceptors (Lipinski definition) is 4. The van der Waals surface area contributed by atoms with Crippen molar-refractivity contribution in [2.45, 2.75) is 39.8 Å². The van der Waals surface area contributed by atoms with E-state index in [-0.39, 0.29) is 12.1 Å². The van der Waals surface area contributed by atoms with Gasteiger partial charge in [0.15, 0.2) is 0 Å². The number of piperazine rings is 1. The SMILES string of the molecule is CC(C)[C@@H](CNS(=O)(=O)N(C)C(C)C)N1CCN(C)CC1. The van der Waals surface area contributed by atoms with E-state index in [0.29, 0.717) is 12.5 Å². The van der Waals surface area contributed by atoms with E-state index in [4.69, 9.17) is 0 Å². The fourth-order valence-electron chi connectivity index (χ4n) is 2.51. The van der Waals surface area contributed by atoms with E-state index in [1.807, 2.05) is 13.8 Å². The van der Waals surface area contributed by atoms with Crippen molar-refractivity contribution in [1.29, 1.82) is 0 Å². The molecular weight excluding hydrogens is 288 g/mol. The Hall–Kier alpha value is -0.210. The molecule has 0 aromatic carbocycles. The molecule has 0 aromatic rings. The second-order valence-corrected chi connectivity index (χ2v) is 8.43. The fourth-order valence-corrected chi connectivity index (χ4v) is 3.65. The second kappa shape index (κ2) is 7.87. The summed E-state index contributed by atoms with van der Waals surface area (Å²) in [6.45, 7) is 12.6. The van der Waals surface area contributed by atoms with Crippen molar-refractivity contribution in [1.82, 2.24) is 18.8 Å². The van der Waals surface area contributed by atoms with Gasteiger partial charge >= 0.3 is 0 Å². The summed E-state index contributed by atoms with van der Waals surface area (Å²) in [5.74, 6) is 0.417. The van der Waals surface area contributed by atoms with Crippen molar-refractivity contribution in [2.24, 2.45) is 5.92 Å². The Morgan fingerprint density at radius 1 is 1.10 bits per heavy atom. The van der Waals surface area contributed by atoms with E-state index < -0.39 is 10.2 Å². The monoisotopic (exact) mass is 320 g/mol. The molecule has 1 fully saturated rings. The van der Waals surface area contributed by atoms with Gasteiger partial charge in [-0.2, -0.15) is 12.7 Å². The summed E-state index contributed by atoms with van der Waals surface area (Å²) in [5, 5.41) is 0. The zero-order chi connectivity index (χ0) is 16.2. The van der Waals surface area contributed by atoms with Gasteiger partial charge in [0.2, 0.25) is 0 Å². The Labute approximate surface area is 130 Å². The van der Waals surface area contributed by atoms with Crippen LogP contribution in [-0.4, -0.2) is 81.4 Å². The highest BCUT2D eigenvalue weighted by molar-refractivity contribution is 7.87. The van der Waals surface area contributed by atoms with E-state index in [9.17, 15) is 8.42 Å². The van der Waals surface area contributed by atoms with Gasteiger partial charge in [-0.15, -0.1) is 0 Å². The third-order valence-electron chi connectivity index (χ3n) is 4.36. The quantitative estimate of drug-likeness (QED) is 0.739. The van der Waals surface area contributed by atoms with Gasteiger partial charge in [0.05, 0.1) is 0 Å². The number of rotatable bonds is 7. The maximum absolute atomic E-state index is 12.2. The minimum atomic E-state index is -3.39. The molecule has 1 rings (SSSR count). The molecule has 0 amide bonds. The molecule has 6 nitrogen and oxygen atoms in total. The number of nitrogens with zero attached hydrogens (tertiary/aromatic N) is 3. The van der Waals surface area contributed by atoms with Crippen molar-refractivity contribution in [3.63, 3.8) is 0 Å². The molecule has 1 aliphatic rings. The normalized spacial score (nSPS) is 20.6. The van der Waals surface area contributed by atoms with Crippen LogP contribution in [0, 0.1) is 5.92 Å². The Balaban J connectivity index is 2.63. The Kier molecular flexibility index (Phi) is 7.06. The van der Waals surface area contributed by atoms with Crippen LogP contribution in [0.2, 0.25) is 0 Å². The third kappa shape index (κ3) is 5.49. The van der Waals surface area contributed by atoms with Crippen LogP contribution >= 0.6 is 0 Å². The molecule has 0 aromatic heterocycles. The van der Waals surface area contributed by atoms with Crippen LogP contribution in [0.15, 0.2) is 0 Å². The first-order chi connectivity index (χ1) is 9.65. The number of nitrogens with one attached hydrogen (secondary N) is 1. The summed E-state index contributed by atoms with van der Waals surface area (Å²) in [6.07, 6.45) is 0. The highest BCUT2D eigenvalue weighted by Gasteiger charge is 2.28. The third-order valence-corrected chi connectivity index (χ3v) is 6.07. The standard InChI is InChI=1S/C14H32N4O2S/c1-12(2)14(18-9-7-16(5)8-10-18)11-15-21(19,20)17(6)13(3)4/h12-15H,7-11H2,1-6H3/t14-/m1/s1. The average Bonchev–Trinajstić information content (AvgIpc) is 2.39. The summed E-state index contributed by atoms with van der Waals surface area (Å²) in [4.78, 5) is 4.72. The van der Waals surface area contributed by atoms with Crippen molar-refractivity contribution in [3.05, 3.63) is 0 Å².